The van der Waals surface area contributed by atoms with Crippen LogP contribution in [0.5, 0.6) is 0 Å². The number of aromatic amines is 1. The lowest BCUT2D eigenvalue weighted by Crippen LogP contribution is -2.38. The molecule has 1 aliphatic rings. The molecule has 142 valence electrons. The number of piperidine rings is 1. The van der Waals surface area contributed by atoms with E-state index in [0.717, 1.165) is 30.7 Å². The Morgan fingerprint density at radius 3 is 2.85 bits per heavy atom. The Kier molecular flexibility index (Phi) is 4.33. The number of nitrogens with zero attached hydrogens (tertiary/aromatic N) is 4. The topological polar surface area (TPSA) is 96.5 Å². The van der Waals surface area contributed by atoms with Crippen LogP contribution in [0.2, 0.25) is 0 Å². The summed E-state index contributed by atoms with van der Waals surface area (Å²) in [6, 6.07) is 3.38. The van der Waals surface area contributed by atoms with Crippen LogP contribution in [-0.4, -0.2) is 37.1 Å². The van der Waals surface area contributed by atoms with Crippen LogP contribution in [0.15, 0.2) is 21.5 Å². The molecule has 1 N–H and O–H groups in total. The highest BCUT2D eigenvalue weighted by Gasteiger charge is 2.32. The third-order valence-corrected chi connectivity index (χ3v) is 5.25. The van der Waals surface area contributed by atoms with Crippen molar-refractivity contribution in [1.29, 1.82) is 0 Å². The second-order valence-electron chi connectivity index (χ2n) is 7.08. The van der Waals surface area contributed by atoms with Crippen molar-refractivity contribution in [3.63, 3.8) is 0 Å². The summed E-state index contributed by atoms with van der Waals surface area (Å²) in [4.78, 5) is 32.0. The van der Waals surface area contributed by atoms with E-state index < -0.39 is 0 Å². The number of fused-ring (bicyclic) bond motifs is 1. The van der Waals surface area contributed by atoms with Gasteiger partial charge in [0.25, 0.3) is 11.5 Å². The summed E-state index contributed by atoms with van der Waals surface area (Å²) in [6.45, 7) is 6.23. The minimum absolute atomic E-state index is 0.0780. The number of amides is 1. The van der Waals surface area contributed by atoms with Crippen molar-refractivity contribution >= 4 is 11.6 Å². The Bertz CT molecular complexity index is 1060. The lowest BCUT2D eigenvalue weighted by atomic mass is 9.99. The van der Waals surface area contributed by atoms with Crippen molar-refractivity contribution in [1.82, 2.24) is 24.7 Å². The standard InChI is InChI=1S/C19H23N5O3/c1-4-13-12(3)20-17-10-14(21-24(17)18(13)25)15-7-5-6-8-23(15)19(26)16-9-11(2)22-27-16/h9-10,15,21H,4-8H2,1-3H3/t15-/m1/s1. The molecule has 27 heavy (non-hydrogen) atoms. The average molecular weight is 369 g/mol. The van der Waals surface area contributed by atoms with Crippen molar-refractivity contribution < 1.29 is 9.32 Å². The van der Waals surface area contributed by atoms with E-state index >= 15 is 0 Å². The summed E-state index contributed by atoms with van der Waals surface area (Å²) in [7, 11) is 0. The summed E-state index contributed by atoms with van der Waals surface area (Å²) in [5, 5.41) is 7.00. The van der Waals surface area contributed by atoms with E-state index in [-0.39, 0.29) is 23.3 Å². The molecule has 4 rings (SSSR count). The molecule has 0 saturated carbocycles. The van der Waals surface area contributed by atoms with Gasteiger partial charge in [-0.3, -0.25) is 14.7 Å². The van der Waals surface area contributed by atoms with E-state index in [0.29, 0.717) is 29.9 Å². The molecule has 1 saturated heterocycles. The van der Waals surface area contributed by atoms with Gasteiger partial charge in [0.15, 0.2) is 5.65 Å². The van der Waals surface area contributed by atoms with Gasteiger partial charge in [-0.05, 0) is 39.5 Å². The molecule has 1 fully saturated rings. The smallest absolute Gasteiger partial charge is 0.293 e. The molecule has 3 aromatic heterocycles. The quantitative estimate of drug-likeness (QED) is 0.765. The predicted molar refractivity (Wildman–Crippen MR) is 98.8 cm³/mol. The molecule has 1 amide bonds. The average Bonchev–Trinajstić information content (AvgIpc) is 3.28. The molecule has 0 spiro atoms. The molecule has 1 atom stereocenters. The Labute approximate surface area is 156 Å². The van der Waals surface area contributed by atoms with Gasteiger partial charge in [0.05, 0.1) is 17.4 Å². The maximum absolute atomic E-state index is 12.9. The minimum Gasteiger partial charge on any atom is -0.351 e. The van der Waals surface area contributed by atoms with E-state index in [2.05, 4.69) is 15.2 Å². The minimum atomic E-state index is -0.176. The lowest BCUT2D eigenvalue weighted by molar-refractivity contribution is 0.0563. The van der Waals surface area contributed by atoms with Gasteiger partial charge in [-0.15, -0.1) is 0 Å². The van der Waals surface area contributed by atoms with Gasteiger partial charge in [-0.2, -0.15) is 0 Å². The normalized spacial score (nSPS) is 17.6. The molecule has 0 radical (unpaired) electrons. The van der Waals surface area contributed by atoms with Crippen molar-refractivity contribution in [3.05, 3.63) is 50.9 Å². The number of hydrogen-bond donors (Lipinski definition) is 1. The Morgan fingerprint density at radius 2 is 2.15 bits per heavy atom. The number of likely N-dealkylation sites (tertiary alicyclic amines) is 1. The van der Waals surface area contributed by atoms with Gasteiger partial charge in [0, 0.05) is 29.9 Å². The Morgan fingerprint density at radius 1 is 1.33 bits per heavy atom. The molecular formula is C19H23N5O3. The van der Waals surface area contributed by atoms with Gasteiger partial charge in [-0.25, -0.2) is 9.50 Å². The van der Waals surface area contributed by atoms with Crippen LogP contribution in [0.25, 0.3) is 5.65 Å². The number of rotatable bonds is 3. The third-order valence-electron chi connectivity index (χ3n) is 5.25. The second-order valence-corrected chi connectivity index (χ2v) is 7.08. The highest BCUT2D eigenvalue weighted by molar-refractivity contribution is 5.91. The van der Waals surface area contributed by atoms with Gasteiger partial charge in [0.2, 0.25) is 5.76 Å². The molecule has 1 aliphatic heterocycles. The van der Waals surface area contributed by atoms with Crippen LogP contribution in [-0.2, 0) is 6.42 Å². The zero-order valence-corrected chi connectivity index (χ0v) is 15.8. The monoisotopic (exact) mass is 369 g/mol. The van der Waals surface area contributed by atoms with Gasteiger partial charge < -0.3 is 9.42 Å². The number of hydrogen-bond acceptors (Lipinski definition) is 5. The summed E-state index contributed by atoms with van der Waals surface area (Å²) in [5.74, 6) is 0.0691. The molecule has 4 heterocycles. The van der Waals surface area contributed by atoms with E-state index in [1.165, 1.54) is 4.52 Å². The van der Waals surface area contributed by atoms with Gasteiger partial charge in [-0.1, -0.05) is 12.1 Å². The molecule has 0 aromatic carbocycles. The van der Waals surface area contributed by atoms with Crippen molar-refractivity contribution in [3.8, 4) is 0 Å². The van der Waals surface area contributed by atoms with Crippen molar-refractivity contribution in [2.75, 3.05) is 6.54 Å². The number of H-pyrrole nitrogens is 1. The summed E-state index contributed by atoms with van der Waals surface area (Å²) < 4.78 is 6.65. The fraction of sp³-hybridized carbons (Fsp3) is 0.474. The SMILES string of the molecule is CCc1c(C)nc2cc([C@H]3CCCCN3C(=O)c3cc(C)no3)[nH]n2c1=O. The maximum atomic E-state index is 12.9. The number of carbonyl (C=O) groups is 1. The van der Waals surface area contributed by atoms with Crippen LogP contribution in [0.3, 0.4) is 0 Å². The van der Waals surface area contributed by atoms with E-state index in [9.17, 15) is 9.59 Å². The first kappa shape index (κ1) is 17.5. The fourth-order valence-electron chi connectivity index (χ4n) is 3.87. The fourth-order valence-corrected chi connectivity index (χ4v) is 3.87. The van der Waals surface area contributed by atoms with Crippen molar-refractivity contribution in [2.45, 2.75) is 52.5 Å². The molecule has 0 bridgehead atoms. The Balaban J connectivity index is 1.75. The van der Waals surface area contributed by atoms with E-state index in [1.807, 2.05) is 19.9 Å². The molecular weight excluding hydrogens is 346 g/mol. The van der Waals surface area contributed by atoms with Gasteiger partial charge in [0.1, 0.15) is 0 Å². The van der Waals surface area contributed by atoms with Crippen LogP contribution in [0.4, 0.5) is 0 Å². The second kappa shape index (κ2) is 6.68. The van der Waals surface area contributed by atoms with Crippen molar-refractivity contribution in [2.24, 2.45) is 0 Å². The summed E-state index contributed by atoms with van der Waals surface area (Å²) in [6.07, 6.45) is 3.40. The predicted octanol–water partition coefficient (Wildman–Crippen LogP) is 2.56. The zero-order valence-electron chi connectivity index (χ0n) is 15.8. The van der Waals surface area contributed by atoms with Crippen LogP contribution in [0.1, 0.15) is 65.4 Å². The highest BCUT2D eigenvalue weighted by atomic mass is 16.5. The Hall–Kier alpha value is -2.90. The highest BCUT2D eigenvalue weighted by Crippen LogP contribution is 2.31. The first-order valence-electron chi connectivity index (χ1n) is 9.35. The number of aromatic nitrogens is 4. The largest absolute Gasteiger partial charge is 0.351 e. The maximum Gasteiger partial charge on any atom is 0.293 e. The number of nitrogens with one attached hydrogen (secondary N) is 1. The van der Waals surface area contributed by atoms with Crippen LogP contribution in [0, 0.1) is 13.8 Å². The summed E-state index contributed by atoms with van der Waals surface area (Å²) >= 11 is 0. The van der Waals surface area contributed by atoms with E-state index in [4.69, 9.17) is 4.52 Å². The van der Waals surface area contributed by atoms with Crippen LogP contribution < -0.4 is 5.56 Å². The van der Waals surface area contributed by atoms with Crippen LogP contribution >= 0.6 is 0 Å². The first-order valence-corrected chi connectivity index (χ1v) is 9.35. The zero-order chi connectivity index (χ0) is 19.1. The number of aryl methyl sites for hydroxylation is 2. The molecule has 3 aromatic rings. The van der Waals surface area contributed by atoms with E-state index in [1.54, 1.807) is 17.9 Å². The molecule has 8 nitrogen and oxygen atoms in total. The number of carbonyl (C=O) groups excluding carboxylic acids is 1. The first-order chi connectivity index (χ1) is 13.0. The lowest BCUT2D eigenvalue weighted by Gasteiger charge is -2.34. The molecule has 0 unspecified atom stereocenters. The summed E-state index contributed by atoms with van der Waals surface area (Å²) in [5.41, 5.74) is 3.45. The third kappa shape index (κ3) is 2.94. The van der Waals surface area contributed by atoms with Gasteiger partial charge >= 0.3 is 0 Å². The molecule has 8 heteroatoms. The molecule has 0 aliphatic carbocycles.